The Morgan fingerprint density at radius 3 is 1.54 bits per heavy atom. The molecule has 0 aromatic heterocycles. The Bertz CT molecular complexity index is 248. The zero-order chi connectivity index (χ0) is 17.7. The van der Waals surface area contributed by atoms with E-state index in [0.29, 0.717) is 0 Å². The van der Waals surface area contributed by atoms with Crippen LogP contribution in [0.1, 0.15) is 96.8 Å². The highest BCUT2D eigenvalue weighted by Crippen LogP contribution is 2.12. The van der Waals surface area contributed by atoms with Gasteiger partial charge in [-0.1, -0.05) is 77.2 Å². The first-order valence-electron chi connectivity index (χ1n) is 10.5. The molecule has 0 spiro atoms. The summed E-state index contributed by atoms with van der Waals surface area (Å²) in [5, 5.41) is 17.8. The smallest absolute Gasteiger partial charge is 0.0447 e. The van der Waals surface area contributed by atoms with Crippen LogP contribution in [0.15, 0.2) is 12.3 Å². The van der Waals surface area contributed by atoms with Gasteiger partial charge in [0.15, 0.2) is 0 Å². The number of aliphatic hydroxyl groups excluding tert-OH is 2. The van der Waals surface area contributed by atoms with E-state index >= 15 is 0 Å². The van der Waals surface area contributed by atoms with Gasteiger partial charge in [-0.05, 0) is 31.9 Å². The fraction of sp³-hybridized carbons (Fsp3) is 0.905. The lowest BCUT2D eigenvalue weighted by atomic mass is 10.1. The molecule has 3 heteroatoms. The summed E-state index contributed by atoms with van der Waals surface area (Å²) < 4.78 is 0. The van der Waals surface area contributed by atoms with Crippen molar-refractivity contribution in [2.24, 2.45) is 0 Å². The van der Waals surface area contributed by atoms with E-state index in [2.05, 4.69) is 24.1 Å². The van der Waals surface area contributed by atoms with E-state index in [9.17, 15) is 0 Å². The zero-order valence-corrected chi connectivity index (χ0v) is 16.2. The molecule has 0 rings (SSSR count). The molecule has 0 unspecified atom stereocenters. The first kappa shape index (κ1) is 23.5. The highest BCUT2D eigenvalue weighted by Gasteiger charge is 1.98. The molecule has 0 aliphatic carbocycles. The lowest BCUT2D eigenvalue weighted by Crippen LogP contribution is -2.21. The Morgan fingerprint density at radius 1 is 0.625 bits per heavy atom. The van der Waals surface area contributed by atoms with Crippen LogP contribution < -0.4 is 0 Å². The molecule has 144 valence electrons. The van der Waals surface area contributed by atoms with Crippen molar-refractivity contribution in [1.82, 2.24) is 4.90 Å². The number of rotatable bonds is 19. The van der Waals surface area contributed by atoms with Crippen LogP contribution in [0.2, 0.25) is 0 Å². The fourth-order valence-electron chi connectivity index (χ4n) is 2.96. The van der Waals surface area contributed by atoms with Crippen molar-refractivity contribution >= 4 is 0 Å². The molecule has 0 atom stereocenters. The topological polar surface area (TPSA) is 43.7 Å². The molecular weight excluding hydrogens is 298 g/mol. The largest absolute Gasteiger partial charge is 0.396 e. The van der Waals surface area contributed by atoms with Gasteiger partial charge in [0.05, 0.1) is 0 Å². The maximum absolute atomic E-state index is 8.92. The van der Waals surface area contributed by atoms with Crippen molar-refractivity contribution in [3.05, 3.63) is 12.3 Å². The van der Waals surface area contributed by atoms with Crippen LogP contribution in [0.5, 0.6) is 0 Å². The van der Waals surface area contributed by atoms with Crippen LogP contribution in [0, 0.1) is 0 Å². The fourth-order valence-corrected chi connectivity index (χ4v) is 2.96. The van der Waals surface area contributed by atoms with Gasteiger partial charge in [0, 0.05) is 26.3 Å². The van der Waals surface area contributed by atoms with Gasteiger partial charge in [-0.15, -0.1) is 0 Å². The predicted octanol–water partition coefficient (Wildman–Crippen LogP) is 5.27. The molecule has 0 saturated carbocycles. The van der Waals surface area contributed by atoms with Crippen LogP contribution in [-0.2, 0) is 0 Å². The molecule has 0 aliphatic heterocycles. The molecule has 0 bridgehead atoms. The van der Waals surface area contributed by atoms with E-state index in [4.69, 9.17) is 10.2 Å². The summed E-state index contributed by atoms with van der Waals surface area (Å²) in [5.74, 6) is 0. The van der Waals surface area contributed by atoms with Crippen molar-refractivity contribution in [3.8, 4) is 0 Å². The average Bonchev–Trinajstić information content (AvgIpc) is 2.60. The quantitative estimate of drug-likeness (QED) is 0.315. The standard InChI is InChI=1S/C21H43NO2/c1-2-3-4-5-6-7-8-9-10-11-12-13-14-17-22(18-15-20-23)19-16-21-24/h14,17,23-24H,2-13,15-16,18-21H2,1H3. The first-order chi connectivity index (χ1) is 11.8. The first-order valence-corrected chi connectivity index (χ1v) is 10.5. The average molecular weight is 342 g/mol. The van der Waals surface area contributed by atoms with Gasteiger partial charge in [0.1, 0.15) is 0 Å². The van der Waals surface area contributed by atoms with E-state index in [1.165, 1.54) is 70.6 Å². The van der Waals surface area contributed by atoms with E-state index in [-0.39, 0.29) is 13.2 Å². The molecule has 0 aromatic carbocycles. The second-order valence-corrected chi connectivity index (χ2v) is 6.90. The van der Waals surface area contributed by atoms with Crippen LogP contribution in [0.25, 0.3) is 0 Å². The third kappa shape index (κ3) is 17.8. The van der Waals surface area contributed by atoms with Gasteiger partial charge in [0.25, 0.3) is 0 Å². The monoisotopic (exact) mass is 341 g/mol. The van der Waals surface area contributed by atoms with Gasteiger partial charge in [-0.25, -0.2) is 0 Å². The summed E-state index contributed by atoms with van der Waals surface area (Å²) in [6.07, 6.45) is 22.4. The minimum atomic E-state index is 0.238. The summed E-state index contributed by atoms with van der Waals surface area (Å²) in [6.45, 7) is 4.51. The summed E-state index contributed by atoms with van der Waals surface area (Å²) in [4.78, 5) is 2.21. The lowest BCUT2D eigenvalue weighted by Gasteiger charge is -2.19. The Kier molecular flexibility index (Phi) is 20.0. The van der Waals surface area contributed by atoms with Gasteiger partial charge < -0.3 is 15.1 Å². The second kappa shape index (κ2) is 20.5. The Balaban J connectivity index is 3.42. The molecule has 0 aromatic rings. The summed E-state index contributed by atoms with van der Waals surface area (Å²) in [6, 6.07) is 0. The van der Waals surface area contributed by atoms with Crippen LogP contribution in [0.4, 0.5) is 0 Å². The van der Waals surface area contributed by atoms with Crippen LogP contribution in [-0.4, -0.2) is 41.4 Å². The summed E-state index contributed by atoms with van der Waals surface area (Å²) >= 11 is 0. The molecular formula is C21H43NO2. The van der Waals surface area contributed by atoms with E-state index in [1.54, 1.807) is 0 Å². The summed E-state index contributed by atoms with van der Waals surface area (Å²) in [5.41, 5.74) is 0. The molecule has 0 heterocycles. The van der Waals surface area contributed by atoms with E-state index in [1.807, 2.05) is 0 Å². The molecule has 2 N–H and O–H groups in total. The highest BCUT2D eigenvalue weighted by atomic mass is 16.3. The molecule has 3 nitrogen and oxygen atoms in total. The summed E-state index contributed by atoms with van der Waals surface area (Å²) in [7, 11) is 0. The predicted molar refractivity (Wildman–Crippen MR) is 105 cm³/mol. The third-order valence-electron chi connectivity index (χ3n) is 4.50. The van der Waals surface area contributed by atoms with Crippen LogP contribution >= 0.6 is 0 Å². The third-order valence-corrected chi connectivity index (χ3v) is 4.50. The molecule has 24 heavy (non-hydrogen) atoms. The maximum atomic E-state index is 8.92. The van der Waals surface area contributed by atoms with Crippen LogP contribution in [0.3, 0.4) is 0 Å². The minimum absolute atomic E-state index is 0.238. The molecule has 0 radical (unpaired) electrons. The van der Waals surface area contributed by atoms with Gasteiger partial charge >= 0.3 is 0 Å². The van der Waals surface area contributed by atoms with Crippen molar-refractivity contribution in [3.63, 3.8) is 0 Å². The Hall–Kier alpha value is -0.540. The second-order valence-electron chi connectivity index (χ2n) is 6.90. The Morgan fingerprint density at radius 2 is 1.08 bits per heavy atom. The molecule has 0 fully saturated rings. The molecule has 0 amide bonds. The SMILES string of the molecule is CCCCCCCCCCCCCC=CN(CCCO)CCCO. The number of allylic oxidation sites excluding steroid dienone is 1. The van der Waals surface area contributed by atoms with Crippen molar-refractivity contribution < 1.29 is 10.2 Å². The van der Waals surface area contributed by atoms with E-state index < -0.39 is 0 Å². The minimum Gasteiger partial charge on any atom is -0.396 e. The number of hydrogen-bond donors (Lipinski definition) is 2. The van der Waals surface area contributed by atoms with Gasteiger partial charge in [-0.3, -0.25) is 0 Å². The molecule has 0 saturated heterocycles. The normalized spacial score (nSPS) is 11.5. The van der Waals surface area contributed by atoms with Crippen molar-refractivity contribution in [1.29, 1.82) is 0 Å². The highest BCUT2D eigenvalue weighted by molar-refractivity contribution is 4.82. The van der Waals surface area contributed by atoms with Crippen molar-refractivity contribution in [2.75, 3.05) is 26.3 Å². The number of nitrogens with zero attached hydrogens (tertiary/aromatic N) is 1. The Labute approximate surface area is 151 Å². The van der Waals surface area contributed by atoms with E-state index in [0.717, 1.165) is 32.4 Å². The lowest BCUT2D eigenvalue weighted by molar-refractivity contribution is 0.236. The van der Waals surface area contributed by atoms with Crippen molar-refractivity contribution in [2.45, 2.75) is 96.8 Å². The van der Waals surface area contributed by atoms with Gasteiger partial charge in [-0.2, -0.15) is 0 Å². The number of hydrogen-bond acceptors (Lipinski definition) is 3. The maximum Gasteiger partial charge on any atom is 0.0447 e. The zero-order valence-electron chi connectivity index (χ0n) is 16.2. The molecule has 0 aliphatic rings. The van der Waals surface area contributed by atoms with Gasteiger partial charge in [0.2, 0.25) is 0 Å². The number of unbranched alkanes of at least 4 members (excludes halogenated alkanes) is 11. The number of aliphatic hydroxyl groups is 2.